The van der Waals surface area contributed by atoms with Gasteiger partial charge in [0.25, 0.3) is 11.8 Å². The van der Waals surface area contributed by atoms with Crippen LogP contribution >= 0.6 is 22.9 Å². The highest BCUT2D eigenvalue weighted by atomic mass is 35.5. The molecule has 1 aliphatic heterocycles. The lowest BCUT2D eigenvalue weighted by atomic mass is 10.0. The van der Waals surface area contributed by atoms with E-state index in [9.17, 15) is 24.0 Å². The van der Waals surface area contributed by atoms with Crippen LogP contribution in [0.4, 0.5) is 9.93 Å². The normalized spacial score (nSPS) is 15.8. The van der Waals surface area contributed by atoms with E-state index < -0.39 is 64.0 Å². The number of hydrogen-bond acceptors (Lipinski definition) is 12. The van der Waals surface area contributed by atoms with Gasteiger partial charge in [0, 0.05) is 11.3 Å². The Morgan fingerprint density at radius 3 is 2.06 bits per heavy atom. The quantitative estimate of drug-likeness (QED) is 0.0546. The molecule has 0 unspecified atom stereocenters. The van der Waals surface area contributed by atoms with Gasteiger partial charge in [0.05, 0.1) is 6.54 Å². The van der Waals surface area contributed by atoms with Gasteiger partial charge in [-0.2, -0.15) is 0 Å². The Labute approximate surface area is 306 Å². The Kier molecular flexibility index (Phi) is 12.7. The van der Waals surface area contributed by atoms with E-state index in [0.29, 0.717) is 11.4 Å². The topological polar surface area (TPSA) is 175 Å². The fraction of sp³-hybridized carbons (Fsp3) is 0.514. The van der Waals surface area contributed by atoms with Crippen LogP contribution in [0.5, 0.6) is 0 Å². The van der Waals surface area contributed by atoms with Gasteiger partial charge in [0.2, 0.25) is 5.60 Å². The van der Waals surface area contributed by atoms with Gasteiger partial charge in [-0.1, -0.05) is 29.4 Å². The highest BCUT2D eigenvalue weighted by Gasteiger charge is 2.44. The van der Waals surface area contributed by atoms with E-state index in [1.165, 1.54) is 30.2 Å². The number of hydrogen-bond donors (Lipinski definition) is 2. The molecular weight excluding hydrogens is 702 g/mol. The molecule has 278 valence electrons. The highest BCUT2D eigenvalue weighted by molar-refractivity contribution is 7.14. The lowest BCUT2D eigenvalue weighted by molar-refractivity contribution is -0.179. The first-order chi connectivity index (χ1) is 23.4. The molecule has 1 aliphatic rings. The molecule has 0 saturated carbocycles. The monoisotopic (exact) mass is 747 g/mol. The summed E-state index contributed by atoms with van der Waals surface area (Å²) in [6.45, 7) is 18.1. The number of carbonyl (C=O) groups excluding carboxylic acids is 5. The Morgan fingerprint density at radius 1 is 0.941 bits per heavy atom. The van der Waals surface area contributed by atoms with Gasteiger partial charge in [-0.25, -0.2) is 19.4 Å². The van der Waals surface area contributed by atoms with Gasteiger partial charge in [0.1, 0.15) is 34.2 Å². The fourth-order valence-corrected chi connectivity index (χ4v) is 4.91. The first kappa shape index (κ1) is 40.9. The van der Waals surface area contributed by atoms with Crippen LogP contribution < -0.4 is 10.6 Å². The minimum Gasteiger partial charge on any atom is -0.457 e. The highest BCUT2D eigenvalue weighted by Crippen LogP contribution is 2.25. The number of anilines is 1. The molecule has 1 atom stereocenters. The van der Waals surface area contributed by atoms with E-state index in [2.05, 4.69) is 20.8 Å². The molecule has 16 heteroatoms. The molecule has 2 aromatic rings. The summed E-state index contributed by atoms with van der Waals surface area (Å²) in [5, 5.41) is 10.6. The van der Waals surface area contributed by atoms with Gasteiger partial charge in [-0.3, -0.25) is 14.9 Å². The molecule has 1 aromatic heterocycles. The summed E-state index contributed by atoms with van der Waals surface area (Å²) in [6.07, 6.45) is 0.758. The molecule has 14 nitrogen and oxygen atoms in total. The third-order valence-corrected chi connectivity index (χ3v) is 7.46. The van der Waals surface area contributed by atoms with Crippen LogP contribution in [0.3, 0.4) is 0 Å². The number of β-lactam (4-membered cyclic amide) rings is 1. The van der Waals surface area contributed by atoms with Crippen molar-refractivity contribution in [3.63, 3.8) is 0 Å². The van der Waals surface area contributed by atoms with Crippen LogP contribution in [-0.4, -0.2) is 80.4 Å². The van der Waals surface area contributed by atoms with Crippen LogP contribution in [0, 0.1) is 0 Å². The SMILES string of the molecule is CC(C)(C)OC(=O)Nc1nc(/C(=N/OC(C)(C)C(=O)OC(C)(C)C)C(=O)N[C@H]2CN(/C(=C\c3ccc(CCl)cc3)C(=O)OC(C)(C)C)C2=O)cs1. The molecule has 2 heterocycles. The number of amides is 3. The third-order valence-electron chi connectivity index (χ3n) is 6.40. The molecule has 1 saturated heterocycles. The molecule has 3 rings (SSSR count). The van der Waals surface area contributed by atoms with E-state index in [1.807, 2.05) is 0 Å². The van der Waals surface area contributed by atoms with Crippen molar-refractivity contribution in [1.82, 2.24) is 15.2 Å². The van der Waals surface area contributed by atoms with E-state index in [4.69, 9.17) is 30.6 Å². The van der Waals surface area contributed by atoms with Crippen molar-refractivity contribution in [3.8, 4) is 0 Å². The second kappa shape index (κ2) is 15.8. The molecule has 2 N–H and O–H groups in total. The second-order valence-electron chi connectivity index (χ2n) is 15.1. The Bertz CT molecular complexity index is 1700. The number of thiazole rings is 1. The Balaban J connectivity index is 1.89. The number of ether oxygens (including phenoxy) is 3. The summed E-state index contributed by atoms with van der Waals surface area (Å²) in [5.41, 5.74) is -3.01. The van der Waals surface area contributed by atoms with Crippen LogP contribution in [0.2, 0.25) is 0 Å². The zero-order valence-electron chi connectivity index (χ0n) is 30.8. The number of nitrogens with one attached hydrogen (secondary N) is 2. The first-order valence-corrected chi connectivity index (χ1v) is 17.5. The lowest BCUT2D eigenvalue weighted by Gasteiger charge is -2.39. The van der Waals surface area contributed by atoms with Crippen LogP contribution in [-0.2, 0) is 44.1 Å². The molecule has 1 fully saturated rings. The number of likely N-dealkylation sites (tertiary alicyclic amines) is 1. The minimum atomic E-state index is -1.63. The number of alkyl halides is 1. The predicted molar refractivity (Wildman–Crippen MR) is 193 cm³/mol. The summed E-state index contributed by atoms with van der Waals surface area (Å²) < 4.78 is 16.3. The molecule has 3 amide bonds. The van der Waals surface area contributed by atoms with Gasteiger partial charge in [-0.15, -0.1) is 22.9 Å². The van der Waals surface area contributed by atoms with Gasteiger partial charge >= 0.3 is 18.0 Å². The minimum absolute atomic E-state index is 0.0206. The van der Waals surface area contributed by atoms with E-state index in [1.54, 1.807) is 86.6 Å². The van der Waals surface area contributed by atoms with E-state index >= 15 is 0 Å². The molecular formula is C35H46ClN5O9S. The van der Waals surface area contributed by atoms with Crippen molar-refractivity contribution in [3.05, 3.63) is 52.2 Å². The van der Waals surface area contributed by atoms with Crippen LogP contribution in [0.1, 0.15) is 93.0 Å². The van der Waals surface area contributed by atoms with Crippen molar-refractivity contribution in [2.45, 2.75) is 110 Å². The molecule has 51 heavy (non-hydrogen) atoms. The predicted octanol–water partition coefficient (Wildman–Crippen LogP) is 5.78. The number of halogens is 1. The van der Waals surface area contributed by atoms with Crippen molar-refractivity contribution in [2.24, 2.45) is 5.16 Å². The van der Waals surface area contributed by atoms with E-state index in [0.717, 1.165) is 16.9 Å². The number of esters is 2. The summed E-state index contributed by atoms with van der Waals surface area (Å²) >= 11 is 6.89. The van der Waals surface area contributed by atoms with Gasteiger partial charge in [-0.05, 0) is 93.4 Å². The maximum atomic E-state index is 13.7. The van der Waals surface area contributed by atoms with Gasteiger partial charge in [0.15, 0.2) is 10.8 Å². The number of carbonyl (C=O) groups is 5. The largest absolute Gasteiger partial charge is 0.457 e. The zero-order valence-corrected chi connectivity index (χ0v) is 32.3. The van der Waals surface area contributed by atoms with Crippen molar-refractivity contribution in [2.75, 3.05) is 11.9 Å². The maximum Gasteiger partial charge on any atom is 0.413 e. The standard InChI is InChI=1S/C35H46ClN5O9S/c1-32(2,3)47-28(44)24(16-20-12-14-21(17-36)15-13-20)41-18-22(27(41)43)37-26(42)25(40-50-35(10,11)29(45)48-33(4,5)6)23-19-51-30(38-23)39-31(46)49-34(7,8)9/h12-16,19,22H,17-18H2,1-11H3,(H,37,42)(H,38,39,46)/b24-16-,40-25-/t22-/m0/s1. The molecule has 0 bridgehead atoms. The third kappa shape index (κ3) is 12.3. The van der Waals surface area contributed by atoms with E-state index in [-0.39, 0.29) is 23.1 Å². The van der Waals surface area contributed by atoms with Gasteiger partial charge < -0.3 is 29.3 Å². The Morgan fingerprint density at radius 2 is 1.53 bits per heavy atom. The smallest absolute Gasteiger partial charge is 0.413 e. The number of aromatic nitrogens is 1. The summed E-state index contributed by atoms with van der Waals surface area (Å²) in [4.78, 5) is 76.6. The van der Waals surface area contributed by atoms with Crippen LogP contribution in [0.15, 0.2) is 40.5 Å². The number of rotatable bonds is 11. The maximum absolute atomic E-state index is 13.7. The number of oxime groups is 1. The van der Waals surface area contributed by atoms with Crippen molar-refractivity contribution < 1.29 is 43.0 Å². The zero-order chi connectivity index (χ0) is 38.5. The lowest BCUT2D eigenvalue weighted by Crippen LogP contribution is -2.64. The average Bonchev–Trinajstić information content (AvgIpc) is 3.43. The van der Waals surface area contributed by atoms with Crippen molar-refractivity contribution >= 4 is 69.7 Å². The van der Waals surface area contributed by atoms with Crippen molar-refractivity contribution in [1.29, 1.82) is 0 Å². The number of nitrogens with zero attached hydrogens (tertiary/aromatic N) is 3. The summed E-state index contributed by atoms with van der Waals surface area (Å²) in [6, 6.07) is 6.04. The van der Waals surface area contributed by atoms with Crippen LogP contribution in [0.25, 0.3) is 6.08 Å². The average molecular weight is 748 g/mol. The fourth-order valence-electron chi connectivity index (χ4n) is 4.05. The summed E-state index contributed by atoms with van der Waals surface area (Å²) in [7, 11) is 0. The molecule has 0 aliphatic carbocycles. The number of benzene rings is 1. The molecule has 1 aromatic carbocycles. The molecule has 0 spiro atoms. The first-order valence-electron chi connectivity index (χ1n) is 16.0. The summed E-state index contributed by atoms with van der Waals surface area (Å²) in [5.74, 6) is -2.62. The molecule has 0 radical (unpaired) electrons. The second-order valence-corrected chi connectivity index (χ2v) is 16.2. The Hall–Kier alpha value is -4.50.